The van der Waals surface area contributed by atoms with Gasteiger partial charge < -0.3 is 14.7 Å². The van der Waals surface area contributed by atoms with Crippen molar-refractivity contribution in [2.75, 3.05) is 6.61 Å². The van der Waals surface area contributed by atoms with E-state index in [0.717, 1.165) is 63.0 Å². The van der Waals surface area contributed by atoms with Crippen molar-refractivity contribution in [3.8, 4) is 0 Å². The van der Waals surface area contributed by atoms with Gasteiger partial charge in [-0.1, -0.05) is 196 Å². The Balaban J connectivity index is 0.000000191. The number of carbonyl (C=O) groups excluding carboxylic acids is 1. The Morgan fingerprint density at radius 3 is 1.36 bits per heavy atom. The number of rotatable bonds is 13. The molecule has 2 aromatic heterocycles. The van der Waals surface area contributed by atoms with Gasteiger partial charge in [0.1, 0.15) is 0 Å². The molecule has 2 aliphatic heterocycles. The van der Waals surface area contributed by atoms with Crippen molar-refractivity contribution in [2.45, 2.75) is 172 Å². The second-order valence-electron chi connectivity index (χ2n) is 21.5. The van der Waals surface area contributed by atoms with E-state index < -0.39 is 0 Å². The summed E-state index contributed by atoms with van der Waals surface area (Å²) in [5.74, 6) is 4.37. The summed E-state index contributed by atoms with van der Waals surface area (Å²) in [5.41, 5.74) is 10.9. The second-order valence-corrected chi connectivity index (χ2v) is 23.7. The normalized spacial score (nSPS) is 27.8. The molecular weight excluding hydrogens is 968 g/mol. The number of ether oxygens (including phenoxy) is 1. The Hall–Kier alpha value is -4.04. The first-order chi connectivity index (χ1) is 34.7. The van der Waals surface area contributed by atoms with Gasteiger partial charge in [0.05, 0.1) is 29.3 Å². The fourth-order valence-electron chi connectivity index (χ4n) is 12.5. The van der Waals surface area contributed by atoms with E-state index in [-0.39, 0.29) is 28.4 Å². The first kappa shape index (κ1) is 54.2. The molecule has 8 unspecified atom stereocenters. The monoisotopic (exact) mass is 1040 g/mol. The number of nitrogens with zero attached hydrogens (tertiary/aromatic N) is 4. The third-order valence-corrected chi connectivity index (χ3v) is 18.9. The summed E-state index contributed by atoms with van der Waals surface area (Å²) in [6.45, 7) is 14.0. The standard InChI is InChI=1S/C32H40N2O2S.C31H39N2S.Ni/c1-4-36-32(35)26-20-29(34-30(26)25-17-11-9-13-22(25)3)31(37-23-14-6-5-7-15-23)28-19-18-27(33-28)24-16-10-8-12-21(24)2;1-4-23-20-29(33-30(23)26-17-11-9-13-22(26)3)31(34-24-14-6-5-7-15-24)28-19-18-27(32-28)25-16-10-8-12-21(25)2;/h5-7,14-15,18-22,24-25H,4,8-13,16-17H2,1-3H3,(H,33,34,35);5-7,14-15,18-22,25-26H,4,8-13,16-17H2,1-3H3;/q;-1;+2/p-1/b;31-29+;. The molecule has 4 aromatic rings. The van der Waals surface area contributed by atoms with Gasteiger partial charge in [-0.25, -0.2) is 4.79 Å². The number of thioether (sulfide) groups is 2. The molecule has 8 atom stereocenters. The van der Waals surface area contributed by atoms with Gasteiger partial charge in [-0.05, 0) is 117 Å². The van der Waals surface area contributed by atoms with Crippen molar-refractivity contribution in [1.29, 1.82) is 0 Å². The van der Waals surface area contributed by atoms with Crippen molar-refractivity contribution in [1.82, 2.24) is 9.97 Å². The molecule has 2 aromatic carbocycles. The molecule has 9 heteroatoms. The summed E-state index contributed by atoms with van der Waals surface area (Å²) in [7, 11) is 0. The minimum atomic E-state index is -0.259. The molecule has 6 aliphatic rings. The number of hydrogen-bond acceptors (Lipinski definition) is 6. The molecule has 4 heterocycles. The zero-order valence-corrected chi connectivity index (χ0v) is 46.4. The maximum Gasteiger partial charge on any atom is 2.00 e. The Morgan fingerprint density at radius 2 is 0.931 bits per heavy atom. The van der Waals surface area contributed by atoms with E-state index in [2.05, 4.69) is 120 Å². The van der Waals surface area contributed by atoms with Crippen LogP contribution in [0.5, 0.6) is 0 Å². The molecule has 6 nitrogen and oxygen atoms in total. The Morgan fingerprint density at radius 1 is 0.528 bits per heavy atom. The summed E-state index contributed by atoms with van der Waals surface area (Å²) in [6, 6.07) is 30.1. The van der Waals surface area contributed by atoms with Crippen molar-refractivity contribution in [2.24, 2.45) is 45.5 Å². The van der Waals surface area contributed by atoms with Crippen LogP contribution in [0.15, 0.2) is 139 Å². The summed E-state index contributed by atoms with van der Waals surface area (Å²) in [6.07, 6.45) is 25.8. The van der Waals surface area contributed by atoms with Gasteiger partial charge in [0.2, 0.25) is 0 Å². The van der Waals surface area contributed by atoms with E-state index in [0.29, 0.717) is 41.8 Å². The number of hydrogen-bond donors (Lipinski definition) is 0. The zero-order valence-electron chi connectivity index (χ0n) is 43.8. The van der Waals surface area contributed by atoms with Crippen molar-refractivity contribution in [3.63, 3.8) is 0 Å². The Bertz CT molecular complexity index is 2640. The number of esters is 1. The summed E-state index contributed by atoms with van der Waals surface area (Å²) < 4.78 is 5.50. The molecule has 72 heavy (non-hydrogen) atoms. The van der Waals surface area contributed by atoms with Crippen LogP contribution in [0.25, 0.3) is 9.81 Å². The summed E-state index contributed by atoms with van der Waals surface area (Å²) in [5, 5.41) is 0. The SMILES string of the molecule is CCC1=C/C(=C(\Sc2ccccc2)c2ccc(C3CCCCC3C)[n-]2)N=C1C1CCCCC1C.CCOC(=O)C1=C/C(=C(\Sc2ccccc2)c2ccc(C3CCCCC3C)[n-]2)N=C1C1CCCCC1C.[Ni+2]. The minimum absolute atomic E-state index is 0. The fourth-order valence-corrected chi connectivity index (χ4v) is 14.4. The van der Waals surface area contributed by atoms with Crippen LogP contribution in [0, 0.1) is 35.5 Å². The predicted molar refractivity (Wildman–Crippen MR) is 299 cm³/mol. The molecule has 0 N–H and O–H groups in total. The van der Waals surface area contributed by atoms with Crippen LogP contribution in [0.2, 0.25) is 0 Å². The number of aromatic nitrogens is 2. The first-order valence-electron chi connectivity index (χ1n) is 27.7. The molecule has 0 saturated heterocycles. The average molecular weight is 1050 g/mol. The second kappa shape index (κ2) is 25.9. The molecule has 0 bridgehead atoms. The Kier molecular flexibility index (Phi) is 19.5. The quantitative estimate of drug-likeness (QED) is 0.0754. The van der Waals surface area contributed by atoms with Crippen LogP contribution in [0.4, 0.5) is 0 Å². The van der Waals surface area contributed by atoms with E-state index in [1.807, 2.05) is 30.8 Å². The molecule has 4 aliphatic carbocycles. The van der Waals surface area contributed by atoms with Crippen LogP contribution in [-0.4, -0.2) is 24.0 Å². The number of carbonyl (C=O) groups is 1. The van der Waals surface area contributed by atoms with E-state index >= 15 is 0 Å². The molecule has 0 spiro atoms. The molecule has 384 valence electrons. The molecule has 0 radical (unpaired) electrons. The molecule has 4 saturated carbocycles. The maximum atomic E-state index is 13.1. The molecule has 4 fully saturated rings. The fraction of sp³-hybridized carbons (Fsp3) is 0.508. The van der Waals surface area contributed by atoms with Gasteiger partial charge in [-0.15, -0.1) is 11.4 Å². The average Bonchev–Trinajstić information content (AvgIpc) is 4.24. The van der Waals surface area contributed by atoms with E-state index in [4.69, 9.17) is 24.7 Å². The van der Waals surface area contributed by atoms with Gasteiger partial charge in [0.15, 0.2) is 0 Å². The van der Waals surface area contributed by atoms with Crippen molar-refractivity contribution < 1.29 is 26.0 Å². The van der Waals surface area contributed by atoms with Crippen molar-refractivity contribution in [3.05, 3.63) is 142 Å². The smallest absolute Gasteiger partial charge is 0.660 e. The van der Waals surface area contributed by atoms with Gasteiger partial charge in [-0.3, -0.25) is 9.98 Å². The summed E-state index contributed by atoms with van der Waals surface area (Å²) >= 11 is 3.52. The third kappa shape index (κ3) is 12.9. The first-order valence-corrected chi connectivity index (χ1v) is 29.3. The number of benzene rings is 2. The predicted octanol–water partition coefficient (Wildman–Crippen LogP) is 17.2. The Labute approximate surface area is 450 Å². The molecule has 10 rings (SSSR count). The third-order valence-electron chi connectivity index (χ3n) is 16.6. The van der Waals surface area contributed by atoms with Gasteiger partial charge >= 0.3 is 22.5 Å². The summed E-state index contributed by atoms with van der Waals surface area (Å²) in [4.78, 5) is 38.7. The number of aliphatic imine (C=N–C) groups is 2. The van der Waals surface area contributed by atoms with E-state index in [9.17, 15) is 4.79 Å². The van der Waals surface area contributed by atoms with E-state index in [1.54, 1.807) is 11.8 Å². The number of allylic oxidation sites excluding steroid dienone is 3. The topological polar surface area (TPSA) is 79.2 Å². The van der Waals surface area contributed by atoms with Crippen LogP contribution >= 0.6 is 23.5 Å². The minimum Gasteiger partial charge on any atom is -0.660 e. The van der Waals surface area contributed by atoms with Crippen LogP contribution in [-0.2, 0) is 26.0 Å². The van der Waals surface area contributed by atoms with Crippen molar-refractivity contribution >= 4 is 50.7 Å². The largest absolute Gasteiger partial charge is 2.00 e. The van der Waals surface area contributed by atoms with Crippen LogP contribution in [0.3, 0.4) is 0 Å². The van der Waals surface area contributed by atoms with Crippen LogP contribution < -0.4 is 9.97 Å². The maximum absolute atomic E-state index is 13.1. The van der Waals surface area contributed by atoms with Gasteiger partial charge in [0.25, 0.3) is 0 Å². The molecular formula is C63H78N4NiO2S2. The van der Waals surface area contributed by atoms with Gasteiger partial charge in [-0.2, -0.15) is 11.4 Å². The van der Waals surface area contributed by atoms with Gasteiger partial charge in [0, 0.05) is 37.1 Å². The zero-order chi connectivity index (χ0) is 49.3. The van der Waals surface area contributed by atoms with E-state index in [1.165, 1.54) is 129 Å². The van der Waals surface area contributed by atoms with Crippen LogP contribution in [0.1, 0.15) is 185 Å². The molecule has 0 amide bonds.